The van der Waals surface area contributed by atoms with E-state index in [-0.39, 0.29) is 11.6 Å². The Morgan fingerprint density at radius 3 is 2.67 bits per heavy atom. The van der Waals surface area contributed by atoms with Crippen LogP contribution in [0.4, 0.5) is 0 Å². The lowest BCUT2D eigenvalue weighted by Crippen LogP contribution is -2.38. The molecule has 0 radical (unpaired) electrons. The zero-order valence-electron chi connectivity index (χ0n) is 19.5. The van der Waals surface area contributed by atoms with Crippen molar-refractivity contribution in [1.29, 1.82) is 0 Å². The number of thiazole rings is 1. The summed E-state index contributed by atoms with van der Waals surface area (Å²) in [6.07, 6.45) is 3.77. The molecule has 1 atom stereocenters. The highest BCUT2D eigenvalue weighted by atomic mass is 79.9. The van der Waals surface area contributed by atoms with Crippen LogP contribution in [0.2, 0.25) is 0 Å². The molecule has 0 fully saturated rings. The minimum atomic E-state index is -0.174. The van der Waals surface area contributed by atoms with E-state index in [0.29, 0.717) is 11.1 Å². The maximum absolute atomic E-state index is 13.9. The molecule has 1 aliphatic heterocycles. The number of hydrogen-bond donors (Lipinski definition) is 0. The molecule has 4 aromatic rings. The van der Waals surface area contributed by atoms with Crippen molar-refractivity contribution in [3.8, 4) is 5.75 Å². The van der Waals surface area contributed by atoms with Crippen LogP contribution < -0.4 is 19.6 Å². The van der Waals surface area contributed by atoms with Gasteiger partial charge in [-0.05, 0) is 88.3 Å². The van der Waals surface area contributed by atoms with Crippen molar-refractivity contribution in [2.24, 2.45) is 4.99 Å². The Bertz CT molecular complexity index is 1700. The molecule has 4 nitrogen and oxygen atoms in total. The first-order valence-electron chi connectivity index (χ1n) is 11.8. The zero-order valence-corrected chi connectivity index (χ0v) is 23.5. The van der Waals surface area contributed by atoms with E-state index in [4.69, 9.17) is 9.73 Å². The Balaban J connectivity index is 1.56. The van der Waals surface area contributed by atoms with Crippen LogP contribution >= 0.6 is 43.2 Å². The van der Waals surface area contributed by atoms with Gasteiger partial charge in [-0.15, -0.1) is 0 Å². The Kier molecular flexibility index (Phi) is 6.32. The predicted octanol–water partition coefficient (Wildman–Crippen LogP) is 6.24. The lowest BCUT2D eigenvalue weighted by Gasteiger charge is -2.30. The van der Waals surface area contributed by atoms with Crippen LogP contribution in [-0.2, 0) is 6.42 Å². The fourth-order valence-electron chi connectivity index (χ4n) is 5.00. The van der Waals surface area contributed by atoms with E-state index in [0.717, 1.165) is 49.2 Å². The summed E-state index contributed by atoms with van der Waals surface area (Å²) >= 11 is 8.59. The number of aryl methyl sites for hydroxylation is 1. The number of halogens is 2. The van der Waals surface area contributed by atoms with Crippen molar-refractivity contribution < 1.29 is 4.74 Å². The molecule has 0 N–H and O–H groups in total. The van der Waals surface area contributed by atoms with Gasteiger partial charge in [0.2, 0.25) is 0 Å². The number of benzene rings is 3. The number of nitrogens with zero attached hydrogens (tertiary/aromatic N) is 2. The highest BCUT2D eigenvalue weighted by Gasteiger charge is 2.32. The fourth-order valence-corrected chi connectivity index (χ4v) is 6.77. The van der Waals surface area contributed by atoms with Crippen LogP contribution in [0.15, 0.2) is 91.0 Å². The van der Waals surface area contributed by atoms with Gasteiger partial charge >= 0.3 is 0 Å². The second kappa shape index (κ2) is 9.61. The third-order valence-corrected chi connectivity index (χ3v) is 8.74. The molecule has 0 saturated heterocycles. The molecular formula is C29H22Br2N2O2S. The number of rotatable bonds is 4. The first-order valence-corrected chi connectivity index (χ1v) is 14.2. The minimum Gasteiger partial charge on any atom is -0.493 e. The topological polar surface area (TPSA) is 43.6 Å². The lowest BCUT2D eigenvalue weighted by atomic mass is 9.83. The third-order valence-electron chi connectivity index (χ3n) is 6.61. The number of ether oxygens (including phenoxy) is 1. The summed E-state index contributed by atoms with van der Waals surface area (Å²) in [6, 6.07) is 22.5. The van der Waals surface area contributed by atoms with E-state index in [1.54, 1.807) is 0 Å². The molecule has 0 saturated carbocycles. The van der Waals surface area contributed by atoms with Gasteiger partial charge in [-0.3, -0.25) is 9.36 Å². The van der Waals surface area contributed by atoms with E-state index in [2.05, 4.69) is 68.3 Å². The lowest BCUT2D eigenvalue weighted by molar-refractivity contribution is 0.338. The molecule has 1 aliphatic carbocycles. The van der Waals surface area contributed by atoms with Crippen LogP contribution in [0.3, 0.4) is 0 Å². The van der Waals surface area contributed by atoms with Gasteiger partial charge in [0, 0.05) is 10.0 Å². The number of allylic oxidation sites excluding steroid dienone is 1. The van der Waals surface area contributed by atoms with Crippen LogP contribution in [0.25, 0.3) is 11.8 Å². The number of hydrogen-bond acceptors (Lipinski definition) is 4. The highest BCUT2D eigenvalue weighted by Crippen LogP contribution is 2.41. The summed E-state index contributed by atoms with van der Waals surface area (Å²) in [4.78, 5) is 19.7. The second-order valence-electron chi connectivity index (χ2n) is 8.79. The minimum absolute atomic E-state index is 0.0120. The van der Waals surface area contributed by atoms with Gasteiger partial charge in [0.25, 0.3) is 5.56 Å². The van der Waals surface area contributed by atoms with Gasteiger partial charge in [-0.25, -0.2) is 4.99 Å². The van der Waals surface area contributed by atoms with E-state index < -0.39 is 0 Å². The SMILES string of the molecule is CCOc1ccc(C=c2sc3n(c2=O)C(c2ccc(Br)cc2)C2=C(N=3)c3ccccc3CC2)cc1Br. The summed E-state index contributed by atoms with van der Waals surface area (Å²) in [5.41, 5.74) is 6.73. The molecule has 1 unspecified atom stereocenters. The van der Waals surface area contributed by atoms with Crippen LogP contribution in [0.5, 0.6) is 5.75 Å². The first kappa shape index (κ1) is 23.6. The van der Waals surface area contributed by atoms with Crippen LogP contribution in [0.1, 0.15) is 41.6 Å². The van der Waals surface area contributed by atoms with Gasteiger partial charge in [-0.2, -0.15) is 0 Å². The van der Waals surface area contributed by atoms with Crippen molar-refractivity contribution >= 4 is 55.0 Å². The molecule has 0 amide bonds. The maximum Gasteiger partial charge on any atom is 0.271 e. The van der Waals surface area contributed by atoms with Gasteiger partial charge < -0.3 is 4.74 Å². The Labute approximate surface area is 229 Å². The molecule has 0 bridgehead atoms. The van der Waals surface area contributed by atoms with Crippen molar-refractivity contribution in [3.05, 3.63) is 123 Å². The van der Waals surface area contributed by atoms with Gasteiger partial charge in [0.15, 0.2) is 4.80 Å². The summed E-state index contributed by atoms with van der Waals surface area (Å²) in [5, 5.41) is 0. The van der Waals surface area contributed by atoms with E-state index in [1.807, 2.05) is 47.9 Å². The van der Waals surface area contributed by atoms with Crippen molar-refractivity contribution in [3.63, 3.8) is 0 Å². The summed E-state index contributed by atoms with van der Waals surface area (Å²) < 4.78 is 10.1. The molecule has 36 heavy (non-hydrogen) atoms. The van der Waals surface area contributed by atoms with Crippen LogP contribution in [0, 0.1) is 0 Å². The molecule has 0 spiro atoms. The first-order chi connectivity index (χ1) is 17.5. The summed E-state index contributed by atoms with van der Waals surface area (Å²) in [5.74, 6) is 0.790. The molecule has 7 heteroatoms. The third kappa shape index (κ3) is 4.13. The van der Waals surface area contributed by atoms with Crippen molar-refractivity contribution in [2.45, 2.75) is 25.8 Å². The molecule has 6 rings (SSSR count). The highest BCUT2D eigenvalue weighted by molar-refractivity contribution is 9.10. The molecule has 1 aromatic heterocycles. The monoisotopic (exact) mass is 620 g/mol. The summed E-state index contributed by atoms with van der Waals surface area (Å²) in [6.45, 7) is 2.56. The van der Waals surface area contributed by atoms with Crippen molar-refractivity contribution in [1.82, 2.24) is 4.57 Å². The molecule has 3 aromatic carbocycles. The van der Waals surface area contributed by atoms with Gasteiger partial charge in [-0.1, -0.05) is 69.7 Å². The van der Waals surface area contributed by atoms with Crippen LogP contribution in [-0.4, -0.2) is 11.2 Å². The van der Waals surface area contributed by atoms with Crippen molar-refractivity contribution in [2.75, 3.05) is 6.61 Å². The molecule has 2 aliphatic rings. The largest absolute Gasteiger partial charge is 0.493 e. The maximum atomic E-state index is 13.9. The van der Waals surface area contributed by atoms with E-state index in [9.17, 15) is 4.79 Å². The Morgan fingerprint density at radius 1 is 1.08 bits per heavy atom. The Morgan fingerprint density at radius 2 is 1.89 bits per heavy atom. The molecule has 180 valence electrons. The van der Waals surface area contributed by atoms with Gasteiger partial charge in [0.05, 0.1) is 27.4 Å². The smallest absolute Gasteiger partial charge is 0.271 e. The van der Waals surface area contributed by atoms with Gasteiger partial charge in [0.1, 0.15) is 5.75 Å². The normalized spacial score (nSPS) is 16.8. The Hall–Kier alpha value is -2.74. The number of aromatic nitrogens is 1. The summed E-state index contributed by atoms with van der Waals surface area (Å²) in [7, 11) is 0. The quantitative estimate of drug-likeness (QED) is 0.271. The fraction of sp³-hybridized carbons (Fsp3) is 0.172. The second-order valence-corrected chi connectivity index (χ2v) is 11.6. The average Bonchev–Trinajstić information content (AvgIpc) is 3.19. The van der Waals surface area contributed by atoms with E-state index >= 15 is 0 Å². The van der Waals surface area contributed by atoms with E-state index in [1.165, 1.54) is 28.0 Å². The molecular weight excluding hydrogens is 600 g/mol. The standard InChI is InChI=1S/C29H22Br2N2O2S/c1-2-35-24-14-7-17(15-23(24)31)16-25-28(34)33-27(19-8-11-20(30)12-9-19)22-13-10-18-5-3-4-6-21(18)26(22)32-29(33)36-25/h3-9,11-12,14-16,27H,2,10,13H2,1H3. The number of fused-ring (bicyclic) bond motifs is 3. The predicted molar refractivity (Wildman–Crippen MR) is 152 cm³/mol. The molecule has 2 heterocycles. The average molecular weight is 622 g/mol. The zero-order chi connectivity index (χ0) is 24.8.